The van der Waals surface area contributed by atoms with Crippen LogP contribution < -0.4 is 10.1 Å². The first-order valence-corrected chi connectivity index (χ1v) is 9.10. The lowest BCUT2D eigenvalue weighted by molar-refractivity contribution is 0.0716. The van der Waals surface area contributed by atoms with Gasteiger partial charge in [0.25, 0.3) is 0 Å². The van der Waals surface area contributed by atoms with Crippen LogP contribution in [0.1, 0.15) is 29.5 Å². The van der Waals surface area contributed by atoms with E-state index in [-0.39, 0.29) is 18.0 Å². The molecule has 0 radical (unpaired) electrons. The maximum absolute atomic E-state index is 14.3. The first-order valence-electron chi connectivity index (χ1n) is 9.10. The number of fused-ring (bicyclic) bond motifs is 1. The summed E-state index contributed by atoms with van der Waals surface area (Å²) in [5.41, 5.74) is 3.20. The number of nitrogens with zero attached hydrogens (tertiary/aromatic N) is 1. The first kappa shape index (κ1) is 17.0. The maximum Gasteiger partial charge on any atom is 0.128 e. The number of pyridine rings is 1. The van der Waals surface area contributed by atoms with Crippen LogP contribution in [0, 0.1) is 19.7 Å². The molecule has 0 aliphatic heterocycles. The molecule has 1 N–H and O–H groups in total. The predicted octanol–water partition coefficient (Wildman–Crippen LogP) is 4.69. The van der Waals surface area contributed by atoms with Gasteiger partial charge in [-0.2, -0.15) is 0 Å². The van der Waals surface area contributed by atoms with E-state index in [0.717, 1.165) is 29.4 Å². The molecular formula is C22H23FN2O. The molecule has 1 aliphatic carbocycles. The van der Waals surface area contributed by atoms with E-state index < -0.39 is 0 Å². The number of aryl methyl sites for hydroxylation is 2. The van der Waals surface area contributed by atoms with E-state index in [2.05, 4.69) is 36.3 Å². The summed E-state index contributed by atoms with van der Waals surface area (Å²) in [5, 5.41) is 5.35. The van der Waals surface area contributed by atoms with E-state index in [1.807, 2.05) is 12.1 Å². The van der Waals surface area contributed by atoms with Crippen molar-refractivity contribution in [2.75, 3.05) is 0 Å². The Kier molecular flexibility index (Phi) is 4.60. The molecule has 4 heteroatoms. The molecule has 3 aromatic rings. The molecule has 0 amide bonds. The number of ether oxygens (including phenoxy) is 1. The van der Waals surface area contributed by atoms with Gasteiger partial charge in [-0.1, -0.05) is 6.07 Å². The lowest BCUT2D eigenvalue weighted by atomic mass is 9.88. The van der Waals surface area contributed by atoms with Crippen LogP contribution in [0.15, 0.2) is 48.8 Å². The minimum atomic E-state index is -0.179. The molecule has 1 heterocycles. The SMILES string of the molecule is Cc1ccc(O[C@@H]2CC[C@H]2NCc2c(F)ccc3cnccc23)cc1C. The highest BCUT2D eigenvalue weighted by Gasteiger charge is 2.32. The van der Waals surface area contributed by atoms with Gasteiger partial charge in [0, 0.05) is 35.9 Å². The Morgan fingerprint density at radius 1 is 1.12 bits per heavy atom. The topological polar surface area (TPSA) is 34.1 Å². The monoisotopic (exact) mass is 350 g/mol. The Morgan fingerprint density at radius 3 is 2.77 bits per heavy atom. The van der Waals surface area contributed by atoms with Gasteiger partial charge in [-0.15, -0.1) is 0 Å². The third-order valence-corrected chi connectivity index (χ3v) is 5.39. The fourth-order valence-corrected chi connectivity index (χ4v) is 3.43. The summed E-state index contributed by atoms with van der Waals surface area (Å²) in [4.78, 5) is 4.12. The van der Waals surface area contributed by atoms with Crippen molar-refractivity contribution in [3.05, 3.63) is 71.3 Å². The predicted molar refractivity (Wildman–Crippen MR) is 102 cm³/mol. The maximum atomic E-state index is 14.3. The molecular weight excluding hydrogens is 327 g/mol. The molecule has 134 valence electrons. The van der Waals surface area contributed by atoms with E-state index in [1.165, 1.54) is 17.2 Å². The fraction of sp³-hybridized carbons (Fsp3) is 0.318. The van der Waals surface area contributed by atoms with E-state index in [0.29, 0.717) is 12.1 Å². The second-order valence-electron chi connectivity index (χ2n) is 7.09. The number of hydrogen-bond acceptors (Lipinski definition) is 3. The minimum Gasteiger partial charge on any atom is -0.489 e. The number of nitrogens with one attached hydrogen (secondary N) is 1. The van der Waals surface area contributed by atoms with Crippen LogP contribution in [-0.4, -0.2) is 17.1 Å². The number of hydrogen-bond donors (Lipinski definition) is 1. The van der Waals surface area contributed by atoms with Gasteiger partial charge in [0.1, 0.15) is 17.7 Å². The Morgan fingerprint density at radius 2 is 2.00 bits per heavy atom. The van der Waals surface area contributed by atoms with Crippen molar-refractivity contribution in [1.29, 1.82) is 0 Å². The molecule has 3 nitrogen and oxygen atoms in total. The zero-order valence-corrected chi connectivity index (χ0v) is 15.1. The quantitative estimate of drug-likeness (QED) is 0.725. The van der Waals surface area contributed by atoms with E-state index in [4.69, 9.17) is 4.74 Å². The van der Waals surface area contributed by atoms with Gasteiger partial charge in [-0.05, 0) is 73.5 Å². The molecule has 26 heavy (non-hydrogen) atoms. The summed E-state index contributed by atoms with van der Waals surface area (Å²) in [6, 6.07) is 11.6. The van der Waals surface area contributed by atoms with Crippen molar-refractivity contribution >= 4 is 10.8 Å². The average Bonchev–Trinajstić information content (AvgIpc) is 2.63. The van der Waals surface area contributed by atoms with Gasteiger partial charge in [-0.3, -0.25) is 4.98 Å². The smallest absolute Gasteiger partial charge is 0.128 e. The van der Waals surface area contributed by atoms with Crippen LogP contribution >= 0.6 is 0 Å². The van der Waals surface area contributed by atoms with Gasteiger partial charge in [0.05, 0.1) is 0 Å². The van der Waals surface area contributed by atoms with Gasteiger partial charge in [0.15, 0.2) is 0 Å². The summed E-state index contributed by atoms with van der Waals surface area (Å²) in [7, 11) is 0. The van der Waals surface area contributed by atoms with Crippen LogP contribution in [-0.2, 0) is 6.54 Å². The second-order valence-corrected chi connectivity index (χ2v) is 7.09. The normalized spacial score (nSPS) is 19.3. The largest absolute Gasteiger partial charge is 0.489 e. The highest BCUT2D eigenvalue weighted by molar-refractivity contribution is 5.84. The number of aromatic nitrogens is 1. The van der Waals surface area contributed by atoms with Crippen molar-refractivity contribution in [2.24, 2.45) is 0 Å². The summed E-state index contributed by atoms with van der Waals surface area (Å²) in [5.74, 6) is 0.731. The fourth-order valence-electron chi connectivity index (χ4n) is 3.43. The minimum absolute atomic E-state index is 0.136. The van der Waals surface area contributed by atoms with Gasteiger partial charge >= 0.3 is 0 Å². The molecule has 2 atom stereocenters. The van der Waals surface area contributed by atoms with E-state index in [9.17, 15) is 4.39 Å². The van der Waals surface area contributed by atoms with E-state index >= 15 is 0 Å². The molecule has 4 rings (SSSR count). The second kappa shape index (κ2) is 7.04. The van der Waals surface area contributed by atoms with Crippen LogP contribution in [0.3, 0.4) is 0 Å². The lowest BCUT2D eigenvalue weighted by Crippen LogP contribution is -2.50. The molecule has 1 aliphatic rings. The van der Waals surface area contributed by atoms with Crippen molar-refractivity contribution in [3.63, 3.8) is 0 Å². The highest BCUT2D eigenvalue weighted by atomic mass is 19.1. The van der Waals surface area contributed by atoms with Crippen molar-refractivity contribution < 1.29 is 9.13 Å². The molecule has 0 spiro atoms. The van der Waals surface area contributed by atoms with Crippen LogP contribution in [0.25, 0.3) is 10.8 Å². The Balaban J connectivity index is 1.44. The Bertz CT molecular complexity index is 941. The zero-order valence-electron chi connectivity index (χ0n) is 15.1. The average molecular weight is 350 g/mol. The van der Waals surface area contributed by atoms with Crippen molar-refractivity contribution in [1.82, 2.24) is 10.3 Å². The first-order chi connectivity index (χ1) is 12.6. The van der Waals surface area contributed by atoms with Crippen molar-refractivity contribution in [2.45, 2.75) is 45.4 Å². The molecule has 0 bridgehead atoms. The molecule has 1 saturated carbocycles. The van der Waals surface area contributed by atoms with Gasteiger partial charge in [-0.25, -0.2) is 4.39 Å². The third kappa shape index (κ3) is 3.29. The Hall–Kier alpha value is -2.46. The summed E-state index contributed by atoms with van der Waals surface area (Å²) >= 11 is 0. The number of benzene rings is 2. The molecule has 0 saturated heterocycles. The van der Waals surface area contributed by atoms with Crippen LogP contribution in [0.5, 0.6) is 5.75 Å². The van der Waals surface area contributed by atoms with Crippen LogP contribution in [0.2, 0.25) is 0 Å². The molecule has 1 aromatic heterocycles. The van der Waals surface area contributed by atoms with Gasteiger partial charge < -0.3 is 10.1 Å². The van der Waals surface area contributed by atoms with Gasteiger partial charge in [0.2, 0.25) is 0 Å². The van der Waals surface area contributed by atoms with E-state index in [1.54, 1.807) is 18.5 Å². The summed E-state index contributed by atoms with van der Waals surface area (Å²) in [6.45, 7) is 4.68. The Labute approximate surface area is 153 Å². The summed E-state index contributed by atoms with van der Waals surface area (Å²) < 4.78 is 20.5. The number of halogens is 1. The van der Waals surface area contributed by atoms with Crippen molar-refractivity contribution in [3.8, 4) is 5.75 Å². The summed E-state index contributed by atoms with van der Waals surface area (Å²) in [6.07, 6.45) is 5.68. The third-order valence-electron chi connectivity index (χ3n) is 5.39. The number of rotatable bonds is 5. The molecule has 2 aromatic carbocycles. The highest BCUT2D eigenvalue weighted by Crippen LogP contribution is 2.28. The molecule has 0 unspecified atom stereocenters. The standard InChI is InChI=1S/C22H23FN2O/c1-14-3-5-17(11-15(14)2)26-22-8-7-21(22)25-13-19-18-9-10-24-12-16(18)4-6-20(19)23/h3-6,9-12,21-22,25H,7-8,13H2,1-2H3/t21-,22-/m1/s1. The molecule has 1 fully saturated rings. The lowest BCUT2D eigenvalue weighted by Gasteiger charge is -2.37. The van der Waals surface area contributed by atoms with Crippen LogP contribution in [0.4, 0.5) is 4.39 Å². The zero-order chi connectivity index (χ0) is 18.1.